The first-order chi connectivity index (χ1) is 7.99. The van der Waals surface area contributed by atoms with E-state index in [4.69, 9.17) is 4.74 Å². The van der Waals surface area contributed by atoms with Crippen LogP contribution in [0.1, 0.15) is 26.7 Å². The molecule has 1 saturated heterocycles. The molecule has 0 radical (unpaired) electrons. The van der Waals surface area contributed by atoms with Crippen LogP contribution in [0.4, 0.5) is 4.79 Å². The molecule has 0 aromatic rings. The van der Waals surface area contributed by atoms with E-state index >= 15 is 0 Å². The molecule has 1 aliphatic rings. The number of amides is 1. The topological polar surface area (TPSA) is 75.7 Å². The largest absolute Gasteiger partial charge is 0.450 e. The number of sulfonamides is 1. The number of carbonyl (C=O) groups excluding carboxylic acids is 1. The van der Waals surface area contributed by atoms with Gasteiger partial charge < -0.3 is 10.1 Å². The van der Waals surface area contributed by atoms with E-state index in [1.54, 1.807) is 13.8 Å². The normalized spacial score (nSPS) is 22.1. The molecule has 17 heavy (non-hydrogen) atoms. The van der Waals surface area contributed by atoms with Crippen LogP contribution < -0.4 is 5.32 Å². The Hall–Kier alpha value is -0.820. The average molecular weight is 264 g/mol. The Morgan fingerprint density at radius 2 is 2.18 bits per heavy atom. The van der Waals surface area contributed by atoms with Gasteiger partial charge in [0.15, 0.2) is 0 Å². The lowest BCUT2D eigenvalue weighted by Crippen LogP contribution is -2.50. The van der Waals surface area contributed by atoms with Gasteiger partial charge in [-0.15, -0.1) is 0 Å². The third-order valence-corrected chi connectivity index (χ3v) is 4.59. The van der Waals surface area contributed by atoms with E-state index in [1.807, 2.05) is 0 Å². The number of piperidine rings is 1. The Balaban J connectivity index is 2.52. The Morgan fingerprint density at radius 1 is 1.47 bits per heavy atom. The summed E-state index contributed by atoms with van der Waals surface area (Å²) in [4.78, 5) is 11.2. The number of ether oxygens (including phenoxy) is 1. The zero-order valence-electron chi connectivity index (χ0n) is 10.3. The summed E-state index contributed by atoms with van der Waals surface area (Å²) in [6.45, 7) is 4.55. The number of alkyl carbamates (subject to hydrolysis) is 1. The third-order valence-electron chi connectivity index (χ3n) is 2.74. The third kappa shape index (κ3) is 4.16. The Morgan fingerprint density at radius 3 is 2.76 bits per heavy atom. The number of rotatable bonds is 4. The van der Waals surface area contributed by atoms with Crippen LogP contribution in [-0.2, 0) is 14.8 Å². The summed E-state index contributed by atoms with van der Waals surface area (Å²) < 4.78 is 29.6. The molecule has 1 aliphatic heterocycles. The van der Waals surface area contributed by atoms with Crippen LogP contribution in [0.2, 0.25) is 0 Å². The van der Waals surface area contributed by atoms with Crippen molar-refractivity contribution in [3.05, 3.63) is 0 Å². The van der Waals surface area contributed by atoms with E-state index < -0.39 is 16.1 Å². The fraction of sp³-hybridized carbons (Fsp3) is 0.900. The monoisotopic (exact) mass is 264 g/mol. The van der Waals surface area contributed by atoms with E-state index in [0.717, 1.165) is 12.8 Å². The van der Waals surface area contributed by atoms with Gasteiger partial charge in [-0.05, 0) is 26.7 Å². The molecule has 0 saturated carbocycles. The van der Waals surface area contributed by atoms with Gasteiger partial charge in [0.25, 0.3) is 0 Å². The number of hydrogen-bond acceptors (Lipinski definition) is 4. The van der Waals surface area contributed by atoms with Crippen molar-refractivity contribution in [2.45, 2.75) is 32.7 Å². The Labute approximate surface area is 102 Å². The number of nitrogens with zero attached hydrogens (tertiary/aromatic N) is 1. The van der Waals surface area contributed by atoms with Crippen molar-refractivity contribution in [1.82, 2.24) is 9.62 Å². The van der Waals surface area contributed by atoms with Gasteiger partial charge in [-0.3, -0.25) is 0 Å². The maximum Gasteiger partial charge on any atom is 0.407 e. The molecule has 1 heterocycles. The second-order valence-corrected chi connectivity index (χ2v) is 6.22. The molecule has 1 rings (SSSR count). The first-order valence-corrected chi connectivity index (χ1v) is 7.51. The maximum atomic E-state index is 11.7. The van der Waals surface area contributed by atoms with Gasteiger partial charge in [-0.2, -0.15) is 4.31 Å². The molecular formula is C10H20N2O4S. The van der Waals surface area contributed by atoms with Gasteiger partial charge in [0.05, 0.1) is 12.4 Å². The predicted molar refractivity (Wildman–Crippen MR) is 64.2 cm³/mol. The van der Waals surface area contributed by atoms with E-state index in [9.17, 15) is 13.2 Å². The molecule has 0 spiro atoms. The van der Waals surface area contributed by atoms with Crippen molar-refractivity contribution < 1.29 is 17.9 Å². The maximum absolute atomic E-state index is 11.7. The highest BCUT2D eigenvalue weighted by molar-refractivity contribution is 7.89. The van der Waals surface area contributed by atoms with Crippen molar-refractivity contribution >= 4 is 16.1 Å². The highest BCUT2D eigenvalue weighted by atomic mass is 32.2. The van der Waals surface area contributed by atoms with Crippen LogP contribution in [0.5, 0.6) is 0 Å². The number of nitrogens with one attached hydrogen (secondary N) is 1. The summed E-state index contributed by atoms with van der Waals surface area (Å²) in [5.41, 5.74) is 0. The summed E-state index contributed by atoms with van der Waals surface area (Å²) in [7, 11) is -3.16. The molecule has 0 aromatic carbocycles. The van der Waals surface area contributed by atoms with Gasteiger partial charge in [-0.1, -0.05) is 0 Å². The zero-order chi connectivity index (χ0) is 12.9. The fourth-order valence-corrected chi connectivity index (χ4v) is 3.01. The average Bonchev–Trinajstić information content (AvgIpc) is 2.29. The van der Waals surface area contributed by atoms with Crippen LogP contribution in [-0.4, -0.2) is 50.3 Å². The lowest BCUT2D eigenvalue weighted by Gasteiger charge is -2.31. The number of hydrogen-bond donors (Lipinski definition) is 1. The molecule has 1 atom stereocenters. The molecule has 1 amide bonds. The molecule has 0 aromatic heterocycles. The molecule has 1 fully saturated rings. The smallest absolute Gasteiger partial charge is 0.407 e. The molecule has 6 nitrogen and oxygen atoms in total. The molecule has 0 aliphatic carbocycles. The zero-order valence-corrected chi connectivity index (χ0v) is 11.1. The summed E-state index contributed by atoms with van der Waals surface area (Å²) in [6, 6.07) is -0.149. The minimum atomic E-state index is -3.16. The molecule has 1 unspecified atom stereocenters. The van der Waals surface area contributed by atoms with Gasteiger partial charge in [0.1, 0.15) is 0 Å². The van der Waals surface area contributed by atoms with E-state index in [1.165, 1.54) is 4.31 Å². The van der Waals surface area contributed by atoms with Crippen LogP contribution in [0.15, 0.2) is 0 Å². The van der Waals surface area contributed by atoms with Gasteiger partial charge in [-0.25, -0.2) is 13.2 Å². The van der Waals surface area contributed by atoms with Gasteiger partial charge >= 0.3 is 6.09 Å². The van der Waals surface area contributed by atoms with Gasteiger partial charge in [0, 0.05) is 19.1 Å². The SMILES string of the molecule is CCOC(=O)NC1CCCN(S(=O)(=O)CC)C1. The number of carbonyl (C=O) groups is 1. The second kappa shape index (κ2) is 6.20. The van der Waals surface area contributed by atoms with E-state index in [-0.39, 0.29) is 11.8 Å². The van der Waals surface area contributed by atoms with Gasteiger partial charge in [0.2, 0.25) is 10.0 Å². The highest BCUT2D eigenvalue weighted by Gasteiger charge is 2.28. The second-order valence-electron chi connectivity index (χ2n) is 3.96. The minimum Gasteiger partial charge on any atom is -0.450 e. The van der Waals surface area contributed by atoms with Crippen molar-refractivity contribution in [2.75, 3.05) is 25.4 Å². The van der Waals surface area contributed by atoms with Crippen LogP contribution in [0.3, 0.4) is 0 Å². The van der Waals surface area contributed by atoms with E-state index in [2.05, 4.69) is 5.32 Å². The first-order valence-electron chi connectivity index (χ1n) is 5.90. The molecule has 0 bridgehead atoms. The fourth-order valence-electron chi connectivity index (χ4n) is 1.83. The Bertz CT molecular complexity index is 355. The molecule has 7 heteroatoms. The van der Waals surface area contributed by atoms with Crippen molar-refractivity contribution in [3.8, 4) is 0 Å². The quantitative estimate of drug-likeness (QED) is 0.804. The molecule has 1 N–H and O–H groups in total. The van der Waals surface area contributed by atoms with E-state index in [0.29, 0.717) is 19.7 Å². The van der Waals surface area contributed by atoms with Crippen molar-refractivity contribution in [1.29, 1.82) is 0 Å². The summed E-state index contributed by atoms with van der Waals surface area (Å²) in [6.07, 6.45) is 1.07. The predicted octanol–water partition coefficient (Wildman–Crippen LogP) is 0.547. The minimum absolute atomic E-state index is 0.0964. The van der Waals surface area contributed by atoms with Crippen molar-refractivity contribution in [3.63, 3.8) is 0 Å². The highest BCUT2D eigenvalue weighted by Crippen LogP contribution is 2.14. The summed E-state index contributed by atoms with van der Waals surface area (Å²) in [5, 5.41) is 2.68. The molecular weight excluding hydrogens is 244 g/mol. The molecule has 100 valence electrons. The van der Waals surface area contributed by atoms with Crippen LogP contribution in [0, 0.1) is 0 Å². The lowest BCUT2D eigenvalue weighted by molar-refractivity contribution is 0.142. The van der Waals surface area contributed by atoms with Crippen LogP contribution in [0.25, 0.3) is 0 Å². The first kappa shape index (κ1) is 14.2. The lowest BCUT2D eigenvalue weighted by atomic mass is 10.1. The summed E-state index contributed by atoms with van der Waals surface area (Å²) >= 11 is 0. The summed E-state index contributed by atoms with van der Waals surface area (Å²) in [5.74, 6) is 0.0964. The van der Waals surface area contributed by atoms with Crippen LogP contribution >= 0.6 is 0 Å². The Kier molecular flexibility index (Phi) is 5.20. The standard InChI is InChI=1S/C10H20N2O4S/c1-3-16-10(13)11-9-6-5-7-12(8-9)17(14,15)4-2/h9H,3-8H2,1-2H3,(H,11,13). The van der Waals surface area contributed by atoms with Crippen molar-refractivity contribution in [2.24, 2.45) is 0 Å².